The minimum absolute atomic E-state index is 0.0947. The van der Waals surface area contributed by atoms with Crippen LogP contribution in [0.5, 0.6) is 0 Å². The van der Waals surface area contributed by atoms with Crippen LogP contribution in [0, 0.1) is 11.8 Å². The third-order valence-electron chi connectivity index (χ3n) is 6.32. The maximum atomic E-state index is 12.1. The van der Waals surface area contributed by atoms with Crippen LogP contribution in [0.25, 0.3) is 0 Å². The molecule has 0 spiro atoms. The van der Waals surface area contributed by atoms with Gasteiger partial charge in [0.05, 0.1) is 18.7 Å². The predicted octanol–water partition coefficient (Wildman–Crippen LogP) is 3.10. The van der Waals surface area contributed by atoms with Crippen LogP contribution >= 0.6 is 0 Å². The summed E-state index contributed by atoms with van der Waals surface area (Å²) >= 11 is 0. The highest BCUT2D eigenvalue weighted by Crippen LogP contribution is 2.31. The lowest BCUT2D eigenvalue weighted by Crippen LogP contribution is -2.58. The number of benzene rings is 1. The summed E-state index contributed by atoms with van der Waals surface area (Å²) in [6.45, 7) is 8.79. The highest BCUT2D eigenvalue weighted by molar-refractivity contribution is 5.97. The van der Waals surface area contributed by atoms with Gasteiger partial charge in [-0.05, 0) is 31.2 Å². The average Bonchev–Trinajstić information content (AvgIpc) is 2.81. The number of Topliss-reactive ketones (excluding diaryl/α,β-unsaturated/α-hetero) is 1. The number of rotatable bonds is 14. The van der Waals surface area contributed by atoms with E-state index in [4.69, 9.17) is 14.2 Å². The Bertz CT molecular complexity index is 770. The van der Waals surface area contributed by atoms with Crippen LogP contribution in [0.15, 0.2) is 30.3 Å². The van der Waals surface area contributed by atoms with Crippen LogP contribution in [0.2, 0.25) is 0 Å². The lowest BCUT2D eigenvalue weighted by molar-refractivity contribution is -0.244. The van der Waals surface area contributed by atoms with Crippen molar-refractivity contribution >= 4 is 17.7 Å². The maximum Gasteiger partial charge on any atom is 0.302 e. The Morgan fingerprint density at radius 2 is 1.68 bits per heavy atom. The monoisotopic (exact) mass is 476 g/mol. The molecule has 2 rings (SSSR count). The Labute approximate surface area is 203 Å². The van der Waals surface area contributed by atoms with Crippen molar-refractivity contribution < 1.29 is 28.6 Å². The number of carbonyl (C=O) groups excluding carboxylic acids is 3. The minimum Gasteiger partial charge on any atom is -0.463 e. The second-order valence-corrected chi connectivity index (χ2v) is 9.04. The largest absolute Gasteiger partial charge is 0.463 e. The molecular formula is C26H40N2O6. The number of unbranched alkanes of at least 4 members (excludes halogenated alkanes) is 3. The number of ether oxygens (including phenoxy) is 3. The topological polar surface area (TPSA) is 103 Å². The summed E-state index contributed by atoms with van der Waals surface area (Å²) in [6, 6.07) is 9.04. The summed E-state index contributed by atoms with van der Waals surface area (Å²) in [5, 5.41) is 6.17. The summed E-state index contributed by atoms with van der Waals surface area (Å²) in [5.41, 5.74) is 0.730. The first-order valence-corrected chi connectivity index (χ1v) is 12.3. The number of amides is 1. The number of ketones is 1. The molecule has 1 aliphatic heterocycles. The molecule has 0 bridgehead atoms. The highest BCUT2D eigenvalue weighted by Gasteiger charge is 2.42. The van der Waals surface area contributed by atoms with Gasteiger partial charge in [0.25, 0.3) is 0 Å². The van der Waals surface area contributed by atoms with Crippen LogP contribution in [-0.2, 0) is 23.8 Å². The van der Waals surface area contributed by atoms with Gasteiger partial charge in [0.15, 0.2) is 12.1 Å². The Kier molecular flexibility index (Phi) is 12.2. The minimum atomic E-state index is -0.582. The fourth-order valence-electron chi connectivity index (χ4n) is 4.10. The lowest BCUT2D eigenvalue weighted by Gasteiger charge is -2.44. The fraction of sp³-hybridized carbons (Fsp3) is 0.654. The molecule has 1 heterocycles. The smallest absolute Gasteiger partial charge is 0.302 e. The number of hydrogen-bond donors (Lipinski definition) is 2. The lowest BCUT2D eigenvalue weighted by atomic mass is 9.82. The van der Waals surface area contributed by atoms with Gasteiger partial charge >= 0.3 is 5.97 Å². The summed E-state index contributed by atoms with van der Waals surface area (Å²) in [5.74, 6) is -0.169. The van der Waals surface area contributed by atoms with Crippen LogP contribution in [0.4, 0.5) is 0 Å². The van der Waals surface area contributed by atoms with Crippen molar-refractivity contribution in [2.24, 2.45) is 11.8 Å². The van der Waals surface area contributed by atoms with Gasteiger partial charge in [0, 0.05) is 26.0 Å². The van der Waals surface area contributed by atoms with Gasteiger partial charge in [-0.1, -0.05) is 57.0 Å². The molecule has 1 saturated heterocycles. The van der Waals surface area contributed by atoms with E-state index in [0.29, 0.717) is 13.2 Å². The molecule has 2 unspecified atom stereocenters. The molecule has 0 aliphatic carbocycles. The van der Waals surface area contributed by atoms with Crippen molar-refractivity contribution in [3.8, 4) is 0 Å². The SMILES string of the molecule is CC(=O)NC1[C@H](OCCCCCCNCC(=O)c2ccccc2)OC(COC(C)=O)[C@H](C)[C@@H]1C. The Morgan fingerprint density at radius 1 is 0.971 bits per heavy atom. The van der Waals surface area contributed by atoms with E-state index in [1.54, 1.807) is 0 Å². The molecule has 8 heteroatoms. The highest BCUT2D eigenvalue weighted by atomic mass is 16.7. The predicted molar refractivity (Wildman–Crippen MR) is 129 cm³/mol. The van der Waals surface area contributed by atoms with Crippen molar-refractivity contribution in [1.82, 2.24) is 10.6 Å². The van der Waals surface area contributed by atoms with Crippen molar-refractivity contribution in [2.45, 2.75) is 71.8 Å². The first-order valence-electron chi connectivity index (χ1n) is 12.3. The summed E-state index contributed by atoms with van der Waals surface area (Å²) < 4.78 is 17.3. The molecule has 1 aliphatic rings. The summed E-state index contributed by atoms with van der Waals surface area (Å²) in [6.07, 6.45) is 3.01. The van der Waals surface area contributed by atoms with E-state index in [-0.39, 0.29) is 48.2 Å². The zero-order valence-electron chi connectivity index (χ0n) is 20.9. The quantitative estimate of drug-likeness (QED) is 0.242. The molecule has 0 aromatic heterocycles. The molecule has 1 fully saturated rings. The molecule has 190 valence electrons. The molecule has 1 aromatic rings. The van der Waals surface area contributed by atoms with E-state index < -0.39 is 6.29 Å². The van der Waals surface area contributed by atoms with E-state index >= 15 is 0 Å². The van der Waals surface area contributed by atoms with Gasteiger partial charge in [-0.15, -0.1) is 0 Å². The number of esters is 1. The van der Waals surface area contributed by atoms with Crippen molar-refractivity contribution in [2.75, 3.05) is 26.3 Å². The number of nitrogens with one attached hydrogen (secondary N) is 2. The van der Waals surface area contributed by atoms with Gasteiger partial charge in [-0.3, -0.25) is 14.4 Å². The molecule has 1 amide bonds. The van der Waals surface area contributed by atoms with E-state index in [9.17, 15) is 14.4 Å². The van der Waals surface area contributed by atoms with Crippen LogP contribution in [-0.4, -0.2) is 62.4 Å². The number of carbonyl (C=O) groups is 3. The van der Waals surface area contributed by atoms with Gasteiger partial charge in [-0.25, -0.2) is 0 Å². The Hall–Kier alpha value is -2.29. The van der Waals surface area contributed by atoms with Gasteiger partial charge < -0.3 is 24.8 Å². The van der Waals surface area contributed by atoms with Gasteiger partial charge in [0.2, 0.25) is 5.91 Å². The van der Waals surface area contributed by atoms with E-state index in [1.165, 1.54) is 13.8 Å². The molecule has 5 atom stereocenters. The molecule has 34 heavy (non-hydrogen) atoms. The molecule has 2 N–H and O–H groups in total. The third kappa shape index (κ3) is 9.52. The summed E-state index contributed by atoms with van der Waals surface area (Å²) in [4.78, 5) is 35.0. The Balaban J connectivity index is 1.66. The Morgan fingerprint density at radius 3 is 2.35 bits per heavy atom. The first-order chi connectivity index (χ1) is 16.3. The molecular weight excluding hydrogens is 436 g/mol. The average molecular weight is 477 g/mol. The van der Waals surface area contributed by atoms with Crippen LogP contribution in [0.1, 0.15) is 63.7 Å². The van der Waals surface area contributed by atoms with Crippen LogP contribution in [0.3, 0.4) is 0 Å². The zero-order valence-corrected chi connectivity index (χ0v) is 20.9. The van der Waals surface area contributed by atoms with Crippen molar-refractivity contribution in [3.63, 3.8) is 0 Å². The standard InChI is InChI=1S/C26H40N2O6/c1-18-19(2)25(28-20(3)29)26(34-24(18)17-33-21(4)30)32-15-11-6-5-10-14-27-16-23(31)22-12-8-7-9-13-22/h7-9,12-13,18-19,24-27H,5-6,10-11,14-17H2,1-4H3,(H,28,29)/t18-,19+,24?,25?,26-/m1/s1. The van der Waals surface area contributed by atoms with E-state index in [1.807, 2.05) is 37.3 Å². The van der Waals surface area contributed by atoms with E-state index in [2.05, 4.69) is 17.6 Å². The summed E-state index contributed by atoms with van der Waals surface area (Å²) in [7, 11) is 0. The zero-order chi connectivity index (χ0) is 24.9. The van der Waals surface area contributed by atoms with Crippen molar-refractivity contribution in [3.05, 3.63) is 35.9 Å². The molecule has 0 radical (unpaired) electrons. The normalized spacial score (nSPS) is 24.4. The molecule has 0 saturated carbocycles. The third-order valence-corrected chi connectivity index (χ3v) is 6.32. The fourth-order valence-corrected chi connectivity index (χ4v) is 4.10. The second kappa shape index (κ2) is 14.9. The second-order valence-electron chi connectivity index (χ2n) is 9.04. The number of hydrogen-bond acceptors (Lipinski definition) is 7. The van der Waals surface area contributed by atoms with Gasteiger partial charge in [-0.2, -0.15) is 0 Å². The first kappa shape index (κ1) is 28.0. The van der Waals surface area contributed by atoms with Crippen LogP contribution < -0.4 is 10.6 Å². The van der Waals surface area contributed by atoms with E-state index in [0.717, 1.165) is 37.8 Å². The maximum absolute atomic E-state index is 12.1. The van der Waals surface area contributed by atoms with Gasteiger partial charge in [0.1, 0.15) is 6.61 Å². The molecule has 8 nitrogen and oxygen atoms in total. The van der Waals surface area contributed by atoms with Crippen molar-refractivity contribution in [1.29, 1.82) is 0 Å². The molecule has 1 aromatic carbocycles.